The van der Waals surface area contributed by atoms with Gasteiger partial charge in [0.25, 0.3) is 5.56 Å². The Bertz CT molecular complexity index is 1190. The van der Waals surface area contributed by atoms with Gasteiger partial charge in [0.15, 0.2) is 23.7 Å². The highest BCUT2D eigenvalue weighted by Gasteiger charge is 2.56. The summed E-state index contributed by atoms with van der Waals surface area (Å²) in [5.41, 5.74) is -4.07. The summed E-state index contributed by atoms with van der Waals surface area (Å²) in [4.78, 5) is 44.4. The molecule has 0 aliphatic carbocycles. The summed E-state index contributed by atoms with van der Waals surface area (Å²) in [6, 6.07) is 8.12. The van der Waals surface area contributed by atoms with E-state index in [1.807, 2.05) is 11.9 Å². The number of halogens is 1. The Morgan fingerprint density at radius 2 is 2.03 bits per heavy atom. The molecule has 1 fully saturated rings. The van der Waals surface area contributed by atoms with Crippen LogP contribution in [0.5, 0.6) is 5.75 Å². The fourth-order valence-electron chi connectivity index (χ4n) is 3.53. The Kier molecular flexibility index (Phi) is 9.68. The molecule has 2 aromatic rings. The molecule has 14 heteroatoms. The molecule has 1 aliphatic heterocycles. The number of carbonyl (C=O) groups excluding carboxylic acids is 1. The van der Waals surface area contributed by atoms with Crippen molar-refractivity contribution in [1.82, 2.24) is 14.4 Å². The minimum Gasteiger partial charge on any atom is -0.464 e. The number of hydrogen-bond acceptors (Lipinski definition) is 9. The fraction of sp³-hybridized carbons (Fsp3) is 0.522. The molecule has 12 nitrogen and oxygen atoms in total. The molecule has 0 bridgehead atoms. The number of nitrogens with one attached hydrogen (secondary N) is 1. The van der Waals surface area contributed by atoms with Crippen LogP contribution in [-0.2, 0) is 23.4 Å². The number of alkyl halides is 1. The van der Waals surface area contributed by atoms with Gasteiger partial charge in [-0.25, -0.2) is 9.18 Å². The average Bonchev–Trinajstić information content (AvgIpc) is 3.09. The van der Waals surface area contributed by atoms with E-state index in [2.05, 4.69) is 0 Å². The number of aliphatic hydroxyl groups is 1. The van der Waals surface area contributed by atoms with Crippen molar-refractivity contribution in [2.45, 2.75) is 63.8 Å². The van der Waals surface area contributed by atoms with Crippen LogP contribution in [0.3, 0.4) is 0 Å². The van der Waals surface area contributed by atoms with Crippen LogP contribution in [0.1, 0.15) is 39.8 Å². The summed E-state index contributed by atoms with van der Waals surface area (Å²) in [6.45, 7) is 3.99. The SMILES string of the molecule is CCCCOC(=O)C(C)N(Oc1ccccc1)[P+](=O)OC[C@H]1O[C@@H](n2ccc(=O)[nH]c2=O)[C@](C)(F)[C@@H]1O. The standard InChI is InChI=1S/C23H29FN3O9P/c1-4-5-13-33-20(30)15(2)27(36-16-9-7-6-8-10-16)37(32)34-14-17-19(29)23(3,24)21(35-17)26-12-11-18(28)25-22(26)31/h6-12,15,17,19,21,29H,4-5,13-14H2,1-3H3/p+1/t15?,17-,19-,21-,23-/m1/s1. The third kappa shape index (κ3) is 6.88. The van der Waals surface area contributed by atoms with Gasteiger partial charge < -0.3 is 19.4 Å². The number of para-hydroxylation sites is 1. The first kappa shape index (κ1) is 28.6. The monoisotopic (exact) mass is 542 g/mol. The molecule has 0 saturated carbocycles. The summed E-state index contributed by atoms with van der Waals surface area (Å²) >= 11 is 0. The number of hydroxylamine groups is 1. The number of esters is 1. The second kappa shape index (κ2) is 12.5. The van der Waals surface area contributed by atoms with Crippen molar-refractivity contribution in [3.63, 3.8) is 0 Å². The maximum Gasteiger partial charge on any atom is 0.653 e. The zero-order valence-corrected chi connectivity index (χ0v) is 21.5. The number of benzene rings is 1. The largest absolute Gasteiger partial charge is 0.653 e. The Morgan fingerprint density at radius 3 is 2.68 bits per heavy atom. The van der Waals surface area contributed by atoms with Crippen molar-refractivity contribution in [2.75, 3.05) is 13.2 Å². The molecule has 2 N–H and O–H groups in total. The van der Waals surface area contributed by atoms with Crippen LogP contribution in [0.15, 0.2) is 52.2 Å². The van der Waals surface area contributed by atoms with E-state index in [0.717, 1.165) is 35.0 Å². The third-order valence-corrected chi connectivity index (χ3v) is 6.81. The van der Waals surface area contributed by atoms with Crippen LogP contribution in [0, 0.1) is 0 Å². The molecular formula is C23H30FN3O9P+. The molecule has 37 heavy (non-hydrogen) atoms. The van der Waals surface area contributed by atoms with Gasteiger partial charge in [0, 0.05) is 12.3 Å². The van der Waals surface area contributed by atoms with E-state index < -0.39 is 62.2 Å². The van der Waals surface area contributed by atoms with Crippen molar-refractivity contribution in [2.24, 2.45) is 0 Å². The molecular weight excluding hydrogens is 512 g/mol. The van der Waals surface area contributed by atoms with Gasteiger partial charge in [-0.2, -0.15) is 0 Å². The summed E-state index contributed by atoms with van der Waals surface area (Å²) < 4.78 is 45.4. The fourth-order valence-corrected chi connectivity index (χ4v) is 4.45. The molecule has 2 heterocycles. The van der Waals surface area contributed by atoms with E-state index in [0.29, 0.717) is 6.42 Å². The minimum absolute atomic E-state index is 0.180. The average molecular weight is 542 g/mol. The van der Waals surface area contributed by atoms with Crippen LogP contribution in [-0.4, -0.2) is 62.6 Å². The van der Waals surface area contributed by atoms with Crippen LogP contribution in [0.25, 0.3) is 0 Å². The zero-order chi connectivity index (χ0) is 27.2. The lowest BCUT2D eigenvalue weighted by Crippen LogP contribution is -2.43. The molecule has 1 aromatic carbocycles. The minimum atomic E-state index is -2.87. The van der Waals surface area contributed by atoms with E-state index in [-0.39, 0.29) is 12.4 Å². The number of hydrogen-bond donors (Lipinski definition) is 2. The third-order valence-electron chi connectivity index (χ3n) is 5.69. The first-order chi connectivity index (χ1) is 17.6. The van der Waals surface area contributed by atoms with E-state index in [4.69, 9.17) is 18.8 Å². The predicted octanol–water partition coefficient (Wildman–Crippen LogP) is 2.22. The molecule has 0 amide bonds. The summed E-state index contributed by atoms with van der Waals surface area (Å²) in [5, 5.41) is 10.5. The lowest BCUT2D eigenvalue weighted by Gasteiger charge is -2.24. The Labute approximate surface area is 212 Å². The second-order valence-corrected chi connectivity index (χ2v) is 9.71. The molecule has 2 unspecified atom stereocenters. The van der Waals surface area contributed by atoms with Crippen LogP contribution in [0.2, 0.25) is 0 Å². The normalized spacial score (nSPS) is 24.6. The van der Waals surface area contributed by atoms with Gasteiger partial charge in [-0.3, -0.25) is 19.1 Å². The van der Waals surface area contributed by atoms with Gasteiger partial charge in [0.1, 0.15) is 23.6 Å². The number of aromatic amines is 1. The second-order valence-electron chi connectivity index (χ2n) is 8.58. The van der Waals surface area contributed by atoms with Crippen LogP contribution < -0.4 is 16.1 Å². The van der Waals surface area contributed by atoms with Gasteiger partial charge in [0.2, 0.25) is 0 Å². The van der Waals surface area contributed by atoms with Crippen molar-refractivity contribution >= 4 is 14.1 Å². The van der Waals surface area contributed by atoms with Crippen LogP contribution in [0.4, 0.5) is 4.39 Å². The quantitative estimate of drug-likeness (QED) is 0.177. The van der Waals surface area contributed by atoms with E-state index in [1.165, 1.54) is 6.92 Å². The topological polar surface area (TPSA) is 149 Å². The highest BCUT2D eigenvalue weighted by atomic mass is 31.1. The molecule has 202 valence electrons. The number of nitrogens with zero attached hydrogens (tertiary/aromatic N) is 2. The first-order valence-electron chi connectivity index (χ1n) is 11.7. The number of ether oxygens (including phenoxy) is 2. The molecule has 6 atom stereocenters. The molecule has 1 aliphatic rings. The summed E-state index contributed by atoms with van der Waals surface area (Å²) in [7, 11) is -2.87. The Morgan fingerprint density at radius 1 is 1.32 bits per heavy atom. The summed E-state index contributed by atoms with van der Waals surface area (Å²) in [5.74, 6) is -0.420. The molecule has 1 saturated heterocycles. The number of rotatable bonds is 12. The van der Waals surface area contributed by atoms with Crippen molar-refractivity contribution < 1.29 is 37.7 Å². The maximum absolute atomic E-state index is 15.4. The van der Waals surface area contributed by atoms with E-state index in [1.54, 1.807) is 30.3 Å². The van der Waals surface area contributed by atoms with Crippen molar-refractivity contribution in [3.8, 4) is 5.75 Å². The van der Waals surface area contributed by atoms with E-state index in [9.17, 15) is 24.1 Å². The van der Waals surface area contributed by atoms with Gasteiger partial charge in [-0.15, -0.1) is 4.52 Å². The van der Waals surface area contributed by atoms with Gasteiger partial charge in [-0.1, -0.05) is 31.5 Å². The molecule has 1 aromatic heterocycles. The Balaban J connectivity index is 1.73. The summed E-state index contributed by atoms with van der Waals surface area (Å²) in [6.07, 6.45) is -2.21. The number of aromatic nitrogens is 2. The number of aliphatic hydroxyl groups excluding tert-OH is 1. The first-order valence-corrected chi connectivity index (χ1v) is 12.8. The van der Waals surface area contributed by atoms with Crippen molar-refractivity contribution in [1.29, 1.82) is 0 Å². The highest BCUT2D eigenvalue weighted by molar-refractivity contribution is 7.36. The number of carbonyl (C=O) groups is 1. The van der Waals surface area contributed by atoms with Crippen LogP contribution >= 0.6 is 8.18 Å². The number of unbranched alkanes of at least 4 members (excludes halogenated alkanes) is 1. The number of H-pyrrole nitrogens is 1. The van der Waals surface area contributed by atoms with Gasteiger partial charge in [0.05, 0.1) is 6.61 Å². The predicted molar refractivity (Wildman–Crippen MR) is 129 cm³/mol. The highest BCUT2D eigenvalue weighted by Crippen LogP contribution is 2.42. The van der Waals surface area contributed by atoms with Gasteiger partial charge in [-0.05, 0) is 37.0 Å². The lowest BCUT2D eigenvalue weighted by atomic mass is 9.98. The lowest BCUT2D eigenvalue weighted by molar-refractivity contribution is -0.155. The zero-order valence-electron chi connectivity index (χ0n) is 20.6. The van der Waals surface area contributed by atoms with Crippen molar-refractivity contribution in [3.05, 3.63) is 63.4 Å². The molecule has 0 radical (unpaired) electrons. The molecule has 3 rings (SSSR count). The Hall–Kier alpha value is -2.96. The van der Waals surface area contributed by atoms with E-state index >= 15 is 4.39 Å². The van der Waals surface area contributed by atoms with Gasteiger partial charge >= 0.3 is 19.8 Å². The molecule has 0 spiro atoms. The maximum atomic E-state index is 15.4. The smallest absolute Gasteiger partial charge is 0.464 e.